The van der Waals surface area contributed by atoms with Gasteiger partial charge in [-0.05, 0) is 35.6 Å². The predicted octanol–water partition coefficient (Wildman–Crippen LogP) is 4.66. The molecule has 0 fully saturated rings. The van der Waals surface area contributed by atoms with Gasteiger partial charge in [-0.15, -0.1) is 0 Å². The lowest BCUT2D eigenvalue weighted by atomic mass is 9.87. The number of rotatable bonds is 4. The molecule has 2 aromatic carbocycles. The van der Waals surface area contributed by atoms with Crippen LogP contribution in [0.2, 0.25) is 0 Å². The lowest BCUT2D eigenvalue weighted by molar-refractivity contribution is 0.0595. The Morgan fingerprint density at radius 3 is 2.26 bits per heavy atom. The fourth-order valence-electron chi connectivity index (χ4n) is 2.30. The van der Waals surface area contributed by atoms with Crippen molar-refractivity contribution < 1.29 is 14.3 Å². The standard InChI is InChI=1S/C20H24O3/c1-14-6-11-18(17(12-14)19(21)22-5)23-13-15-7-9-16(10-8-15)20(2,3)4/h6-12H,13H2,1-5H3. The number of hydrogen-bond donors (Lipinski definition) is 0. The maximum Gasteiger partial charge on any atom is 0.341 e. The van der Waals surface area contributed by atoms with Gasteiger partial charge in [-0.1, -0.05) is 56.7 Å². The van der Waals surface area contributed by atoms with E-state index < -0.39 is 0 Å². The second-order valence-corrected chi connectivity index (χ2v) is 6.73. The zero-order chi connectivity index (χ0) is 17.0. The molecule has 0 saturated carbocycles. The molecule has 2 rings (SSSR count). The van der Waals surface area contributed by atoms with Crippen LogP contribution in [0.25, 0.3) is 0 Å². The second kappa shape index (κ2) is 6.86. The average molecular weight is 312 g/mol. The molecule has 0 saturated heterocycles. The van der Waals surface area contributed by atoms with Gasteiger partial charge in [-0.3, -0.25) is 0 Å². The Morgan fingerprint density at radius 2 is 1.70 bits per heavy atom. The third kappa shape index (κ3) is 4.35. The first-order chi connectivity index (χ1) is 10.8. The van der Waals surface area contributed by atoms with Gasteiger partial charge in [-0.25, -0.2) is 4.79 Å². The molecular weight excluding hydrogens is 288 g/mol. The van der Waals surface area contributed by atoms with Crippen LogP contribution in [0.15, 0.2) is 42.5 Å². The van der Waals surface area contributed by atoms with E-state index in [0.29, 0.717) is 17.9 Å². The fraction of sp³-hybridized carbons (Fsp3) is 0.350. The predicted molar refractivity (Wildman–Crippen MR) is 92.0 cm³/mol. The number of benzene rings is 2. The molecule has 0 aromatic heterocycles. The molecule has 122 valence electrons. The van der Waals surface area contributed by atoms with Crippen molar-refractivity contribution in [2.24, 2.45) is 0 Å². The van der Waals surface area contributed by atoms with Crippen molar-refractivity contribution in [2.75, 3.05) is 7.11 Å². The van der Waals surface area contributed by atoms with E-state index >= 15 is 0 Å². The molecule has 0 N–H and O–H groups in total. The van der Waals surface area contributed by atoms with E-state index in [1.165, 1.54) is 12.7 Å². The first-order valence-corrected chi connectivity index (χ1v) is 7.72. The third-order valence-corrected chi connectivity index (χ3v) is 3.75. The molecule has 0 bridgehead atoms. The molecule has 0 amide bonds. The number of hydrogen-bond acceptors (Lipinski definition) is 3. The molecule has 0 aliphatic carbocycles. The van der Waals surface area contributed by atoms with E-state index in [4.69, 9.17) is 9.47 Å². The number of ether oxygens (including phenoxy) is 2. The van der Waals surface area contributed by atoms with E-state index in [1.54, 1.807) is 6.07 Å². The van der Waals surface area contributed by atoms with Gasteiger partial charge in [0, 0.05) is 0 Å². The monoisotopic (exact) mass is 312 g/mol. The van der Waals surface area contributed by atoms with Crippen molar-refractivity contribution in [2.45, 2.75) is 39.7 Å². The van der Waals surface area contributed by atoms with Crippen molar-refractivity contribution in [1.82, 2.24) is 0 Å². The lowest BCUT2D eigenvalue weighted by Gasteiger charge is -2.19. The van der Waals surface area contributed by atoms with Gasteiger partial charge < -0.3 is 9.47 Å². The lowest BCUT2D eigenvalue weighted by Crippen LogP contribution is -2.11. The Balaban J connectivity index is 2.13. The third-order valence-electron chi connectivity index (χ3n) is 3.75. The maximum absolute atomic E-state index is 11.9. The summed E-state index contributed by atoms with van der Waals surface area (Å²) in [5.74, 6) is 0.161. The van der Waals surface area contributed by atoms with E-state index in [9.17, 15) is 4.79 Å². The van der Waals surface area contributed by atoms with Crippen LogP contribution < -0.4 is 4.74 Å². The zero-order valence-electron chi connectivity index (χ0n) is 14.5. The molecule has 0 aliphatic heterocycles. The Kier molecular flexibility index (Phi) is 5.09. The van der Waals surface area contributed by atoms with Crippen LogP contribution >= 0.6 is 0 Å². The molecule has 0 aliphatic rings. The van der Waals surface area contributed by atoms with Crippen LogP contribution in [0.5, 0.6) is 5.75 Å². The minimum absolute atomic E-state index is 0.133. The summed E-state index contributed by atoms with van der Waals surface area (Å²) in [5.41, 5.74) is 3.93. The van der Waals surface area contributed by atoms with Crippen LogP contribution in [-0.4, -0.2) is 13.1 Å². The van der Waals surface area contributed by atoms with E-state index in [2.05, 4.69) is 45.0 Å². The summed E-state index contributed by atoms with van der Waals surface area (Å²) in [6.45, 7) is 8.91. The Hall–Kier alpha value is -2.29. The Morgan fingerprint density at radius 1 is 1.04 bits per heavy atom. The first kappa shape index (κ1) is 17.1. The summed E-state index contributed by atoms with van der Waals surface area (Å²) in [6.07, 6.45) is 0. The zero-order valence-corrected chi connectivity index (χ0v) is 14.5. The fourth-order valence-corrected chi connectivity index (χ4v) is 2.30. The quantitative estimate of drug-likeness (QED) is 0.770. The Bertz CT molecular complexity index is 679. The highest BCUT2D eigenvalue weighted by Gasteiger charge is 2.15. The highest BCUT2D eigenvalue weighted by atomic mass is 16.5. The van der Waals surface area contributed by atoms with Crippen molar-refractivity contribution in [1.29, 1.82) is 0 Å². The van der Waals surface area contributed by atoms with Crippen molar-refractivity contribution >= 4 is 5.97 Å². The number of methoxy groups -OCH3 is 1. The normalized spacial score (nSPS) is 11.2. The highest BCUT2D eigenvalue weighted by molar-refractivity contribution is 5.92. The van der Waals surface area contributed by atoms with Gasteiger partial charge in [0.25, 0.3) is 0 Å². The molecule has 0 atom stereocenters. The minimum Gasteiger partial charge on any atom is -0.488 e. The molecule has 3 nitrogen and oxygen atoms in total. The summed E-state index contributed by atoms with van der Waals surface area (Å²) in [5, 5.41) is 0. The summed E-state index contributed by atoms with van der Waals surface area (Å²) >= 11 is 0. The molecule has 0 spiro atoms. The number of esters is 1. The van der Waals surface area contributed by atoms with Gasteiger partial charge >= 0.3 is 5.97 Å². The van der Waals surface area contributed by atoms with Gasteiger partial charge in [0.1, 0.15) is 17.9 Å². The van der Waals surface area contributed by atoms with Crippen molar-refractivity contribution in [3.05, 3.63) is 64.7 Å². The van der Waals surface area contributed by atoms with E-state index in [1.807, 2.05) is 19.1 Å². The van der Waals surface area contributed by atoms with Crippen molar-refractivity contribution in [3.63, 3.8) is 0 Å². The average Bonchev–Trinajstić information content (AvgIpc) is 2.52. The van der Waals surface area contributed by atoms with Gasteiger partial charge in [0.05, 0.1) is 7.11 Å². The molecule has 2 aromatic rings. The molecule has 0 unspecified atom stereocenters. The SMILES string of the molecule is COC(=O)c1cc(C)ccc1OCc1ccc(C(C)(C)C)cc1. The van der Waals surface area contributed by atoms with Crippen LogP contribution in [0, 0.1) is 6.92 Å². The van der Waals surface area contributed by atoms with Crippen LogP contribution in [0.3, 0.4) is 0 Å². The Labute approximate surface area is 138 Å². The summed E-state index contributed by atoms with van der Waals surface area (Å²) in [4.78, 5) is 11.9. The molecule has 0 heterocycles. The van der Waals surface area contributed by atoms with Crippen LogP contribution in [-0.2, 0) is 16.8 Å². The molecular formula is C20H24O3. The number of carbonyl (C=O) groups is 1. The molecule has 0 radical (unpaired) electrons. The second-order valence-electron chi connectivity index (χ2n) is 6.73. The van der Waals surface area contributed by atoms with Crippen LogP contribution in [0.1, 0.15) is 47.8 Å². The largest absolute Gasteiger partial charge is 0.488 e. The topological polar surface area (TPSA) is 35.5 Å². The minimum atomic E-state index is -0.383. The van der Waals surface area contributed by atoms with Gasteiger partial charge in [0.2, 0.25) is 0 Å². The summed E-state index contributed by atoms with van der Waals surface area (Å²) < 4.78 is 10.6. The van der Waals surface area contributed by atoms with Gasteiger partial charge in [-0.2, -0.15) is 0 Å². The number of aryl methyl sites for hydroxylation is 1. The summed E-state index contributed by atoms with van der Waals surface area (Å²) in [6, 6.07) is 13.9. The van der Waals surface area contributed by atoms with E-state index in [0.717, 1.165) is 11.1 Å². The summed E-state index contributed by atoms with van der Waals surface area (Å²) in [7, 11) is 1.37. The highest BCUT2D eigenvalue weighted by Crippen LogP contribution is 2.24. The maximum atomic E-state index is 11.9. The molecule has 23 heavy (non-hydrogen) atoms. The smallest absolute Gasteiger partial charge is 0.341 e. The molecule has 3 heteroatoms. The van der Waals surface area contributed by atoms with Crippen molar-refractivity contribution in [3.8, 4) is 5.75 Å². The first-order valence-electron chi connectivity index (χ1n) is 7.72. The van der Waals surface area contributed by atoms with Gasteiger partial charge in [0.15, 0.2) is 0 Å². The van der Waals surface area contributed by atoms with Crippen LogP contribution in [0.4, 0.5) is 0 Å². The van der Waals surface area contributed by atoms with E-state index in [-0.39, 0.29) is 11.4 Å². The number of carbonyl (C=O) groups excluding carboxylic acids is 1.